The molecule has 6 heteroatoms. The number of nitrogen functional groups attached to an aromatic ring is 1. The van der Waals surface area contributed by atoms with Crippen LogP contribution in [0.3, 0.4) is 0 Å². The zero-order valence-corrected chi connectivity index (χ0v) is 11.7. The van der Waals surface area contributed by atoms with Crippen molar-refractivity contribution in [3.63, 3.8) is 0 Å². The molecule has 1 aliphatic rings. The number of hydrogen-bond acceptors (Lipinski definition) is 4. The van der Waals surface area contributed by atoms with E-state index in [1.165, 1.54) is 13.1 Å². The summed E-state index contributed by atoms with van der Waals surface area (Å²) in [5.74, 6) is -0.962. The molecule has 1 aromatic rings. The van der Waals surface area contributed by atoms with Crippen molar-refractivity contribution in [3.05, 3.63) is 35.9 Å². The van der Waals surface area contributed by atoms with Gasteiger partial charge >= 0.3 is 0 Å². The Bertz CT molecular complexity index is 593. The van der Waals surface area contributed by atoms with Crippen LogP contribution < -0.4 is 11.1 Å². The van der Waals surface area contributed by atoms with Gasteiger partial charge in [0.1, 0.15) is 6.04 Å². The van der Waals surface area contributed by atoms with Crippen molar-refractivity contribution >= 4 is 29.5 Å². The van der Waals surface area contributed by atoms with Gasteiger partial charge in [-0.05, 0) is 30.2 Å². The third-order valence-electron chi connectivity index (χ3n) is 3.33. The summed E-state index contributed by atoms with van der Waals surface area (Å²) in [6, 6.07) is 6.41. The molecule has 2 rings (SSSR count). The Labute approximate surface area is 122 Å². The molecule has 0 aliphatic carbocycles. The third-order valence-corrected chi connectivity index (χ3v) is 3.33. The molecular weight excluding hydrogens is 270 g/mol. The highest BCUT2D eigenvalue weighted by Crippen LogP contribution is 2.11. The second-order valence-corrected chi connectivity index (χ2v) is 4.89. The van der Waals surface area contributed by atoms with Crippen molar-refractivity contribution in [2.75, 3.05) is 12.8 Å². The fraction of sp³-hybridized carbons (Fsp3) is 0.267. The van der Waals surface area contributed by atoms with Gasteiger partial charge in [0.25, 0.3) is 5.91 Å². The lowest BCUT2D eigenvalue weighted by atomic mass is 10.0. The number of rotatable bonds is 3. The van der Waals surface area contributed by atoms with Gasteiger partial charge in [-0.25, -0.2) is 0 Å². The average Bonchev–Trinajstić information content (AvgIpc) is 2.47. The normalized spacial score (nSPS) is 19.1. The van der Waals surface area contributed by atoms with Crippen molar-refractivity contribution < 1.29 is 14.4 Å². The molecule has 0 saturated carbocycles. The van der Waals surface area contributed by atoms with E-state index in [9.17, 15) is 14.4 Å². The lowest BCUT2D eigenvalue weighted by Gasteiger charge is -2.27. The summed E-state index contributed by atoms with van der Waals surface area (Å²) in [6.07, 6.45) is 3.59. The molecule has 6 nitrogen and oxygen atoms in total. The predicted molar refractivity (Wildman–Crippen MR) is 78.8 cm³/mol. The number of hydrogen-bond donors (Lipinski definition) is 2. The first-order valence-electron chi connectivity index (χ1n) is 6.62. The van der Waals surface area contributed by atoms with E-state index in [2.05, 4.69) is 5.32 Å². The maximum absolute atomic E-state index is 11.8. The molecule has 110 valence electrons. The van der Waals surface area contributed by atoms with Crippen LogP contribution in [0.2, 0.25) is 0 Å². The van der Waals surface area contributed by atoms with Gasteiger partial charge in [0.2, 0.25) is 11.8 Å². The number of likely N-dealkylation sites (tertiary alicyclic amines) is 1. The molecule has 0 aromatic heterocycles. The second kappa shape index (κ2) is 6.21. The summed E-state index contributed by atoms with van der Waals surface area (Å²) in [5, 5.41) is 2.61. The maximum atomic E-state index is 11.8. The van der Waals surface area contributed by atoms with E-state index in [1.807, 2.05) is 0 Å². The zero-order chi connectivity index (χ0) is 15.4. The van der Waals surface area contributed by atoms with Crippen LogP contribution in [0.1, 0.15) is 18.4 Å². The first-order chi connectivity index (χ1) is 9.97. The Kier molecular flexibility index (Phi) is 4.37. The lowest BCUT2D eigenvalue weighted by Crippen LogP contribution is -2.52. The van der Waals surface area contributed by atoms with E-state index in [1.54, 1.807) is 30.3 Å². The number of imide groups is 1. The molecule has 1 heterocycles. The van der Waals surface area contributed by atoms with Crippen molar-refractivity contribution in [3.8, 4) is 0 Å². The maximum Gasteiger partial charge on any atom is 0.251 e. The molecule has 3 amide bonds. The largest absolute Gasteiger partial charge is 0.399 e. The summed E-state index contributed by atoms with van der Waals surface area (Å²) < 4.78 is 0. The van der Waals surface area contributed by atoms with E-state index in [0.717, 1.165) is 10.5 Å². The Balaban J connectivity index is 1.94. The number of carbonyl (C=O) groups is 3. The zero-order valence-electron chi connectivity index (χ0n) is 11.7. The summed E-state index contributed by atoms with van der Waals surface area (Å²) in [5.41, 5.74) is 7.06. The Morgan fingerprint density at radius 1 is 1.33 bits per heavy atom. The first kappa shape index (κ1) is 14.8. The SMILES string of the molecule is CN1C(=O)CCC(NC(=O)/C=C/c2ccc(N)cc2)C1=O. The van der Waals surface area contributed by atoms with Crippen LogP contribution in [0.15, 0.2) is 30.3 Å². The van der Waals surface area contributed by atoms with Gasteiger partial charge in [-0.1, -0.05) is 12.1 Å². The van der Waals surface area contributed by atoms with Crippen LogP contribution in [0.5, 0.6) is 0 Å². The van der Waals surface area contributed by atoms with Crippen LogP contribution in [-0.2, 0) is 14.4 Å². The van der Waals surface area contributed by atoms with E-state index in [4.69, 9.17) is 5.73 Å². The summed E-state index contributed by atoms with van der Waals surface area (Å²) in [6.45, 7) is 0. The highest BCUT2D eigenvalue weighted by molar-refractivity contribution is 6.02. The number of nitrogens with zero attached hydrogens (tertiary/aromatic N) is 1. The minimum absolute atomic E-state index is 0.220. The summed E-state index contributed by atoms with van der Waals surface area (Å²) >= 11 is 0. The summed E-state index contributed by atoms with van der Waals surface area (Å²) in [4.78, 5) is 36.0. The van der Waals surface area contributed by atoms with Crippen LogP contribution in [0.25, 0.3) is 6.08 Å². The number of nitrogens with one attached hydrogen (secondary N) is 1. The molecule has 1 aliphatic heterocycles. The summed E-state index contributed by atoms with van der Waals surface area (Å²) in [7, 11) is 1.42. The molecule has 1 atom stereocenters. The number of carbonyl (C=O) groups excluding carboxylic acids is 3. The molecule has 1 unspecified atom stereocenters. The quantitative estimate of drug-likeness (QED) is 0.482. The minimum Gasteiger partial charge on any atom is -0.399 e. The molecule has 0 bridgehead atoms. The lowest BCUT2D eigenvalue weighted by molar-refractivity contribution is -0.149. The fourth-order valence-corrected chi connectivity index (χ4v) is 2.05. The number of piperidine rings is 1. The van der Waals surface area contributed by atoms with Crippen LogP contribution >= 0.6 is 0 Å². The number of benzene rings is 1. The van der Waals surface area contributed by atoms with Crippen molar-refractivity contribution in [1.82, 2.24) is 10.2 Å². The van der Waals surface area contributed by atoms with Gasteiger partial charge < -0.3 is 11.1 Å². The minimum atomic E-state index is -0.642. The van der Waals surface area contributed by atoms with E-state index >= 15 is 0 Å². The van der Waals surface area contributed by atoms with E-state index < -0.39 is 6.04 Å². The van der Waals surface area contributed by atoms with Crippen LogP contribution in [-0.4, -0.2) is 35.7 Å². The van der Waals surface area contributed by atoms with Gasteiger partial charge in [-0.3, -0.25) is 19.3 Å². The number of nitrogens with two attached hydrogens (primary N) is 1. The predicted octanol–water partition coefficient (Wildman–Crippen LogP) is 0.546. The van der Waals surface area contributed by atoms with Crippen molar-refractivity contribution in [2.45, 2.75) is 18.9 Å². The molecule has 1 saturated heterocycles. The molecule has 1 fully saturated rings. The molecule has 0 radical (unpaired) electrons. The highest BCUT2D eigenvalue weighted by atomic mass is 16.2. The number of amides is 3. The van der Waals surface area contributed by atoms with Gasteiger partial charge in [0.05, 0.1) is 0 Å². The molecule has 0 spiro atoms. The smallest absolute Gasteiger partial charge is 0.251 e. The Morgan fingerprint density at radius 3 is 2.67 bits per heavy atom. The molecular formula is C15H17N3O3. The monoisotopic (exact) mass is 287 g/mol. The van der Waals surface area contributed by atoms with Crippen molar-refractivity contribution in [2.24, 2.45) is 0 Å². The standard InChI is InChI=1S/C15H17N3O3/c1-18-14(20)9-7-12(15(18)21)17-13(19)8-4-10-2-5-11(16)6-3-10/h2-6,8,12H,7,9,16H2,1H3,(H,17,19)/b8-4+. The van der Waals surface area contributed by atoms with Gasteiger partial charge in [0.15, 0.2) is 0 Å². The third kappa shape index (κ3) is 3.68. The van der Waals surface area contributed by atoms with Gasteiger partial charge in [0, 0.05) is 25.2 Å². The van der Waals surface area contributed by atoms with Gasteiger partial charge in [-0.2, -0.15) is 0 Å². The Hall–Kier alpha value is -2.63. The topological polar surface area (TPSA) is 92.5 Å². The van der Waals surface area contributed by atoms with E-state index in [0.29, 0.717) is 12.1 Å². The molecule has 21 heavy (non-hydrogen) atoms. The second-order valence-electron chi connectivity index (χ2n) is 4.89. The number of anilines is 1. The fourth-order valence-electron chi connectivity index (χ4n) is 2.05. The van der Waals surface area contributed by atoms with Crippen LogP contribution in [0.4, 0.5) is 5.69 Å². The highest BCUT2D eigenvalue weighted by Gasteiger charge is 2.32. The van der Waals surface area contributed by atoms with Crippen molar-refractivity contribution in [1.29, 1.82) is 0 Å². The molecule has 1 aromatic carbocycles. The van der Waals surface area contributed by atoms with Gasteiger partial charge in [-0.15, -0.1) is 0 Å². The number of likely N-dealkylation sites (N-methyl/N-ethyl adjacent to an activating group) is 1. The van der Waals surface area contributed by atoms with E-state index in [-0.39, 0.29) is 24.1 Å². The first-order valence-corrected chi connectivity index (χ1v) is 6.62. The van der Waals surface area contributed by atoms with Crippen LogP contribution in [0, 0.1) is 0 Å². The average molecular weight is 287 g/mol. The molecule has 3 N–H and O–H groups in total. The Morgan fingerprint density at radius 2 is 2.00 bits per heavy atom.